The van der Waals surface area contributed by atoms with Crippen LogP contribution in [-0.4, -0.2) is 48.9 Å². The highest BCUT2D eigenvalue weighted by Gasteiger charge is 2.20. The molecule has 1 atom stereocenters. The molecular formula is C21H31N5O3. The van der Waals surface area contributed by atoms with Gasteiger partial charge in [0.1, 0.15) is 11.6 Å². The minimum absolute atomic E-state index is 0.0314. The number of aromatic nitrogens is 2. The third-order valence-electron chi connectivity index (χ3n) is 3.93. The number of urea groups is 1. The Labute approximate surface area is 172 Å². The summed E-state index contributed by atoms with van der Waals surface area (Å²) >= 11 is 0. The van der Waals surface area contributed by atoms with Gasteiger partial charge in [-0.1, -0.05) is 13.8 Å². The largest absolute Gasteiger partial charge is 0.494 e. The molecule has 1 heterocycles. The maximum Gasteiger partial charge on any atom is 0.327 e. The number of hydrogen-bond acceptors (Lipinski definition) is 6. The van der Waals surface area contributed by atoms with E-state index in [1.807, 2.05) is 52.0 Å². The number of anilines is 3. The van der Waals surface area contributed by atoms with Gasteiger partial charge in [0.05, 0.1) is 18.9 Å². The molecule has 0 fully saturated rings. The molecule has 0 aliphatic heterocycles. The van der Waals surface area contributed by atoms with E-state index >= 15 is 0 Å². The smallest absolute Gasteiger partial charge is 0.327 e. The second kappa shape index (κ2) is 11.2. The number of carbonyl (C=O) groups is 1. The Hall–Kier alpha value is -2.87. The van der Waals surface area contributed by atoms with Crippen molar-refractivity contribution in [2.75, 3.05) is 37.1 Å². The number of methoxy groups -OCH3 is 1. The lowest BCUT2D eigenvalue weighted by molar-refractivity contribution is 0.190. The van der Waals surface area contributed by atoms with Gasteiger partial charge in [-0.05, 0) is 44.0 Å². The first-order valence-corrected chi connectivity index (χ1v) is 9.83. The number of hydrogen-bond donors (Lipinski definition) is 2. The lowest BCUT2D eigenvalue weighted by Crippen LogP contribution is -2.39. The quantitative estimate of drug-likeness (QED) is 0.629. The second-order valence-corrected chi connectivity index (χ2v) is 7.08. The van der Waals surface area contributed by atoms with Gasteiger partial charge in [-0.3, -0.25) is 0 Å². The van der Waals surface area contributed by atoms with Crippen molar-refractivity contribution in [3.63, 3.8) is 0 Å². The van der Waals surface area contributed by atoms with Crippen molar-refractivity contribution >= 4 is 23.5 Å². The van der Waals surface area contributed by atoms with Crippen LogP contribution in [0.4, 0.5) is 22.2 Å². The summed E-state index contributed by atoms with van der Waals surface area (Å²) in [5.41, 5.74) is 0.685. The van der Waals surface area contributed by atoms with Crippen molar-refractivity contribution in [3.8, 4) is 5.75 Å². The molecule has 158 valence electrons. The first kappa shape index (κ1) is 22.4. The number of amides is 2. The Bertz CT molecular complexity index is 767. The maximum atomic E-state index is 13.0. The molecule has 0 radical (unpaired) electrons. The number of rotatable bonds is 10. The maximum absolute atomic E-state index is 13.0. The summed E-state index contributed by atoms with van der Waals surface area (Å²) in [6, 6.07) is 8.83. The summed E-state index contributed by atoms with van der Waals surface area (Å²) < 4.78 is 10.6. The van der Waals surface area contributed by atoms with Crippen molar-refractivity contribution < 1.29 is 14.3 Å². The van der Waals surface area contributed by atoms with E-state index in [1.165, 1.54) is 4.90 Å². The zero-order valence-corrected chi connectivity index (χ0v) is 17.8. The molecule has 8 nitrogen and oxygen atoms in total. The monoisotopic (exact) mass is 401 g/mol. The highest BCUT2D eigenvalue weighted by molar-refractivity contribution is 5.98. The van der Waals surface area contributed by atoms with Gasteiger partial charge in [-0.25, -0.2) is 14.7 Å². The van der Waals surface area contributed by atoms with Crippen LogP contribution < -0.4 is 20.3 Å². The van der Waals surface area contributed by atoms with E-state index in [1.54, 1.807) is 19.4 Å². The third-order valence-corrected chi connectivity index (χ3v) is 3.93. The van der Waals surface area contributed by atoms with Gasteiger partial charge in [-0.2, -0.15) is 4.98 Å². The molecule has 2 amide bonds. The summed E-state index contributed by atoms with van der Waals surface area (Å²) in [7, 11) is 1.64. The van der Waals surface area contributed by atoms with E-state index in [-0.39, 0.29) is 12.1 Å². The van der Waals surface area contributed by atoms with Crippen molar-refractivity contribution in [1.29, 1.82) is 0 Å². The molecule has 8 heteroatoms. The molecule has 29 heavy (non-hydrogen) atoms. The SMILES string of the molecule is CCOc1ccc(N(C(=O)NCC(C)C)c2ccnc(N[C@@H](C)COC)n2)cc1. The second-order valence-electron chi connectivity index (χ2n) is 7.08. The van der Waals surface area contributed by atoms with Crippen molar-refractivity contribution in [3.05, 3.63) is 36.5 Å². The van der Waals surface area contributed by atoms with Crippen LogP contribution in [0.3, 0.4) is 0 Å². The lowest BCUT2D eigenvalue weighted by atomic mass is 10.2. The summed E-state index contributed by atoms with van der Waals surface area (Å²) in [5, 5.41) is 6.13. The molecule has 0 aliphatic rings. The zero-order valence-electron chi connectivity index (χ0n) is 17.8. The van der Waals surface area contributed by atoms with Gasteiger partial charge in [0.15, 0.2) is 0 Å². The first-order valence-electron chi connectivity index (χ1n) is 9.83. The molecule has 0 unspecified atom stereocenters. The van der Waals surface area contributed by atoms with Crippen LogP contribution in [0.15, 0.2) is 36.5 Å². The van der Waals surface area contributed by atoms with Gasteiger partial charge < -0.3 is 20.1 Å². The average molecular weight is 402 g/mol. The van der Waals surface area contributed by atoms with Crippen LogP contribution in [-0.2, 0) is 4.74 Å². The summed E-state index contributed by atoms with van der Waals surface area (Å²) in [6.45, 7) is 9.66. The van der Waals surface area contributed by atoms with Crippen LogP contribution in [0.5, 0.6) is 5.75 Å². The fourth-order valence-corrected chi connectivity index (χ4v) is 2.64. The van der Waals surface area contributed by atoms with Crippen molar-refractivity contribution in [1.82, 2.24) is 15.3 Å². The van der Waals surface area contributed by atoms with E-state index in [2.05, 4.69) is 20.6 Å². The average Bonchev–Trinajstić information content (AvgIpc) is 2.68. The van der Waals surface area contributed by atoms with Crippen LogP contribution in [0.2, 0.25) is 0 Å². The molecular weight excluding hydrogens is 370 g/mol. The van der Waals surface area contributed by atoms with E-state index in [0.29, 0.717) is 43.1 Å². The zero-order chi connectivity index (χ0) is 21.2. The van der Waals surface area contributed by atoms with Crippen LogP contribution >= 0.6 is 0 Å². The molecule has 0 bridgehead atoms. The van der Waals surface area contributed by atoms with E-state index in [4.69, 9.17) is 9.47 Å². The number of ether oxygens (including phenoxy) is 2. The Morgan fingerprint density at radius 2 is 1.90 bits per heavy atom. The number of nitrogens with one attached hydrogen (secondary N) is 2. The Morgan fingerprint density at radius 3 is 2.52 bits per heavy atom. The van der Waals surface area contributed by atoms with Crippen LogP contribution in [0, 0.1) is 5.92 Å². The molecule has 0 aliphatic carbocycles. The van der Waals surface area contributed by atoms with E-state index < -0.39 is 0 Å². The summed E-state index contributed by atoms with van der Waals surface area (Å²) in [6.07, 6.45) is 1.63. The Morgan fingerprint density at radius 1 is 1.17 bits per heavy atom. The molecule has 0 saturated heterocycles. The van der Waals surface area contributed by atoms with Gasteiger partial charge in [0.2, 0.25) is 5.95 Å². The lowest BCUT2D eigenvalue weighted by Gasteiger charge is -2.24. The fourth-order valence-electron chi connectivity index (χ4n) is 2.64. The van der Waals surface area contributed by atoms with Crippen molar-refractivity contribution in [2.45, 2.75) is 33.7 Å². The predicted molar refractivity (Wildman–Crippen MR) is 115 cm³/mol. The minimum atomic E-state index is -0.252. The van der Waals surface area contributed by atoms with Crippen molar-refractivity contribution in [2.24, 2.45) is 5.92 Å². The number of benzene rings is 1. The molecule has 2 rings (SSSR count). The van der Waals surface area contributed by atoms with Gasteiger partial charge in [-0.15, -0.1) is 0 Å². The van der Waals surface area contributed by atoms with Crippen LogP contribution in [0.1, 0.15) is 27.7 Å². The van der Waals surface area contributed by atoms with Gasteiger partial charge in [0, 0.05) is 32.0 Å². The fraction of sp³-hybridized carbons (Fsp3) is 0.476. The summed E-state index contributed by atoms with van der Waals surface area (Å²) in [4.78, 5) is 23.3. The molecule has 2 N–H and O–H groups in total. The standard InChI is InChI=1S/C21H31N5O3/c1-6-29-18-9-7-17(8-10-18)26(21(27)23-13-15(2)3)19-11-12-22-20(25-19)24-16(4)14-28-5/h7-12,15-16H,6,13-14H2,1-5H3,(H,23,27)(H,22,24,25)/t16-/m0/s1. The molecule has 0 saturated carbocycles. The Kier molecular flexibility index (Phi) is 8.67. The minimum Gasteiger partial charge on any atom is -0.494 e. The topological polar surface area (TPSA) is 88.6 Å². The Balaban J connectivity index is 2.32. The highest BCUT2D eigenvalue weighted by Crippen LogP contribution is 2.26. The molecule has 0 spiro atoms. The van der Waals surface area contributed by atoms with E-state index in [0.717, 1.165) is 5.75 Å². The first-order chi connectivity index (χ1) is 13.9. The summed E-state index contributed by atoms with van der Waals surface area (Å²) in [5.74, 6) is 1.98. The van der Waals surface area contributed by atoms with Gasteiger partial charge in [0.25, 0.3) is 0 Å². The molecule has 1 aromatic carbocycles. The molecule has 2 aromatic rings. The predicted octanol–water partition coefficient (Wildman–Crippen LogP) is 3.83. The number of nitrogens with zero attached hydrogens (tertiary/aromatic N) is 3. The molecule has 1 aromatic heterocycles. The van der Waals surface area contributed by atoms with Gasteiger partial charge >= 0.3 is 6.03 Å². The normalized spacial score (nSPS) is 11.8. The third kappa shape index (κ3) is 6.90. The highest BCUT2D eigenvalue weighted by atomic mass is 16.5. The number of carbonyl (C=O) groups excluding carboxylic acids is 1. The van der Waals surface area contributed by atoms with E-state index in [9.17, 15) is 4.79 Å². The van der Waals surface area contributed by atoms with Crippen LogP contribution in [0.25, 0.3) is 0 Å².